The molecule has 0 aliphatic heterocycles. The first kappa shape index (κ1) is 14.2. The van der Waals surface area contributed by atoms with Crippen LogP contribution in [0.25, 0.3) is 0 Å². The molecular formula is C10H13Br2NO2S. The second-order valence-corrected chi connectivity index (χ2v) is 7.04. The minimum atomic E-state index is -0.789. The fraction of sp³-hybridized carbons (Fsp3) is 0.500. The number of thiophene rings is 1. The van der Waals surface area contributed by atoms with E-state index in [-0.39, 0.29) is 12.6 Å². The lowest BCUT2D eigenvalue weighted by atomic mass is 10.3. The predicted molar refractivity (Wildman–Crippen MR) is 72.9 cm³/mol. The molecule has 0 aliphatic rings. The van der Waals surface area contributed by atoms with E-state index in [0.29, 0.717) is 6.54 Å². The first-order valence-corrected chi connectivity index (χ1v) is 7.20. The molecule has 1 N–H and O–H groups in total. The first-order valence-electron chi connectivity index (χ1n) is 4.79. The van der Waals surface area contributed by atoms with Crippen LogP contribution in [0.5, 0.6) is 0 Å². The Morgan fingerprint density at radius 2 is 2.19 bits per heavy atom. The maximum Gasteiger partial charge on any atom is 0.317 e. The molecule has 0 atom stereocenters. The lowest BCUT2D eigenvalue weighted by Crippen LogP contribution is -2.34. The van der Waals surface area contributed by atoms with Crippen LogP contribution >= 0.6 is 43.2 Å². The van der Waals surface area contributed by atoms with Gasteiger partial charge in [-0.1, -0.05) is 0 Å². The number of carboxylic acids is 1. The SMILES string of the molecule is CC(C)N(CC(=O)O)Cc1cc(Br)c(Br)s1. The van der Waals surface area contributed by atoms with E-state index in [1.165, 1.54) is 0 Å². The molecule has 90 valence electrons. The summed E-state index contributed by atoms with van der Waals surface area (Å²) >= 11 is 8.48. The zero-order chi connectivity index (χ0) is 12.3. The summed E-state index contributed by atoms with van der Waals surface area (Å²) in [6.45, 7) is 4.74. The smallest absolute Gasteiger partial charge is 0.317 e. The minimum Gasteiger partial charge on any atom is -0.480 e. The lowest BCUT2D eigenvalue weighted by molar-refractivity contribution is -0.138. The van der Waals surface area contributed by atoms with Gasteiger partial charge in [0, 0.05) is 21.9 Å². The molecular weight excluding hydrogens is 358 g/mol. The van der Waals surface area contributed by atoms with Crippen LogP contribution in [0.2, 0.25) is 0 Å². The molecule has 0 bridgehead atoms. The van der Waals surface area contributed by atoms with Crippen LogP contribution in [0, 0.1) is 0 Å². The maximum absolute atomic E-state index is 10.7. The quantitative estimate of drug-likeness (QED) is 0.861. The highest BCUT2D eigenvalue weighted by Gasteiger charge is 2.15. The highest BCUT2D eigenvalue weighted by molar-refractivity contribution is 9.13. The van der Waals surface area contributed by atoms with Crippen LogP contribution in [0.4, 0.5) is 0 Å². The van der Waals surface area contributed by atoms with Gasteiger partial charge in [-0.05, 0) is 51.8 Å². The van der Waals surface area contributed by atoms with Crippen molar-refractivity contribution >= 4 is 49.2 Å². The topological polar surface area (TPSA) is 40.5 Å². The zero-order valence-electron chi connectivity index (χ0n) is 9.04. The van der Waals surface area contributed by atoms with Gasteiger partial charge in [0.05, 0.1) is 10.3 Å². The van der Waals surface area contributed by atoms with E-state index in [9.17, 15) is 4.79 Å². The molecule has 0 spiro atoms. The summed E-state index contributed by atoms with van der Waals surface area (Å²) in [6.07, 6.45) is 0. The summed E-state index contributed by atoms with van der Waals surface area (Å²) in [5, 5.41) is 8.81. The van der Waals surface area contributed by atoms with E-state index in [1.54, 1.807) is 11.3 Å². The fourth-order valence-corrected chi connectivity index (χ4v) is 3.47. The van der Waals surface area contributed by atoms with Crippen molar-refractivity contribution in [1.29, 1.82) is 0 Å². The van der Waals surface area contributed by atoms with E-state index < -0.39 is 5.97 Å². The van der Waals surface area contributed by atoms with Gasteiger partial charge in [0.15, 0.2) is 0 Å². The van der Waals surface area contributed by atoms with Crippen LogP contribution in [-0.4, -0.2) is 28.6 Å². The van der Waals surface area contributed by atoms with Crippen LogP contribution in [0.1, 0.15) is 18.7 Å². The number of rotatable bonds is 5. The average Bonchev–Trinajstić information content (AvgIpc) is 2.44. The van der Waals surface area contributed by atoms with Crippen molar-refractivity contribution in [3.63, 3.8) is 0 Å². The maximum atomic E-state index is 10.7. The second-order valence-electron chi connectivity index (χ2n) is 3.73. The van der Waals surface area contributed by atoms with Gasteiger partial charge in [0.1, 0.15) is 0 Å². The molecule has 1 aromatic rings. The highest BCUT2D eigenvalue weighted by atomic mass is 79.9. The van der Waals surface area contributed by atoms with Crippen molar-refractivity contribution in [2.75, 3.05) is 6.54 Å². The van der Waals surface area contributed by atoms with Crippen molar-refractivity contribution in [2.45, 2.75) is 26.4 Å². The zero-order valence-corrected chi connectivity index (χ0v) is 13.0. The van der Waals surface area contributed by atoms with Gasteiger partial charge in [-0.15, -0.1) is 11.3 Å². The number of aliphatic carboxylic acids is 1. The number of halogens is 2. The summed E-state index contributed by atoms with van der Waals surface area (Å²) in [4.78, 5) is 13.8. The Bertz CT molecular complexity index is 359. The molecule has 0 aliphatic carbocycles. The van der Waals surface area contributed by atoms with Gasteiger partial charge in [0.25, 0.3) is 0 Å². The van der Waals surface area contributed by atoms with Crippen LogP contribution in [0.15, 0.2) is 14.3 Å². The van der Waals surface area contributed by atoms with E-state index >= 15 is 0 Å². The molecule has 16 heavy (non-hydrogen) atoms. The molecule has 0 radical (unpaired) electrons. The normalized spacial score (nSPS) is 11.4. The third-order valence-electron chi connectivity index (χ3n) is 2.12. The number of hydrogen-bond acceptors (Lipinski definition) is 3. The first-order chi connectivity index (χ1) is 7.40. The summed E-state index contributed by atoms with van der Waals surface area (Å²) in [6, 6.07) is 2.24. The van der Waals surface area contributed by atoms with Gasteiger partial charge in [-0.25, -0.2) is 0 Å². The van der Waals surface area contributed by atoms with Crippen LogP contribution in [0.3, 0.4) is 0 Å². The van der Waals surface area contributed by atoms with Crippen molar-refractivity contribution in [3.05, 3.63) is 19.2 Å². The molecule has 1 rings (SSSR count). The third kappa shape index (κ3) is 4.16. The Balaban J connectivity index is 2.71. The molecule has 0 saturated heterocycles. The molecule has 6 heteroatoms. The number of hydrogen-bond donors (Lipinski definition) is 1. The Labute approximate surface area is 116 Å². The van der Waals surface area contributed by atoms with Crippen molar-refractivity contribution in [1.82, 2.24) is 4.90 Å². The van der Waals surface area contributed by atoms with Gasteiger partial charge in [-0.3, -0.25) is 9.69 Å². The molecule has 0 unspecified atom stereocenters. The van der Waals surface area contributed by atoms with Gasteiger partial charge in [-0.2, -0.15) is 0 Å². The van der Waals surface area contributed by atoms with Crippen molar-refractivity contribution < 1.29 is 9.90 Å². The molecule has 1 heterocycles. The molecule has 0 aromatic carbocycles. The van der Waals surface area contributed by atoms with Crippen LogP contribution < -0.4 is 0 Å². The van der Waals surface area contributed by atoms with Crippen molar-refractivity contribution in [3.8, 4) is 0 Å². The molecule has 3 nitrogen and oxygen atoms in total. The van der Waals surface area contributed by atoms with E-state index in [1.807, 2.05) is 24.8 Å². The Kier molecular flexibility index (Phi) is 5.43. The summed E-state index contributed by atoms with van der Waals surface area (Å²) in [5.74, 6) is -0.789. The van der Waals surface area contributed by atoms with E-state index in [4.69, 9.17) is 5.11 Å². The molecule has 0 amide bonds. The summed E-state index contributed by atoms with van der Waals surface area (Å²) in [5.41, 5.74) is 0. The monoisotopic (exact) mass is 369 g/mol. The molecule has 0 fully saturated rings. The third-order valence-corrected chi connectivity index (χ3v) is 5.36. The number of carboxylic acid groups (broad SMARTS) is 1. The fourth-order valence-electron chi connectivity index (χ4n) is 1.26. The Morgan fingerprint density at radius 3 is 2.56 bits per heavy atom. The Hall–Kier alpha value is 0.0900. The highest BCUT2D eigenvalue weighted by Crippen LogP contribution is 2.33. The van der Waals surface area contributed by atoms with Crippen molar-refractivity contribution in [2.24, 2.45) is 0 Å². The largest absolute Gasteiger partial charge is 0.480 e. The van der Waals surface area contributed by atoms with Gasteiger partial charge in [0.2, 0.25) is 0 Å². The van der Waals surface area contributed by atoms with Gasteiger partial charge < -0.3 is 5.11 Å². The van der Waals surface area contributed by atoms with Gasteiger partial charge >= 0.3 is 5.97 Å². The lowest BCUT2D eigenvalue weighted by Gasteiger charge is -2.23. The van der Waals surface area contributed by atoms with E-state index in [2.05, 4.69) is 31.9 Å². The van der Waals surface area contributed by atoms with E-state index in [0.717, 1.165) is 13.1 Å². The molecule has 0 saturated carbocycles. The number of nitrogens with zero attached hydrogens (tertiary/aromatic N) is 1. The Morgan fingerprint density at radius 1 is 1.56 bits per heavy atom. The average molecular weight is 371 g/mol. The predicted octanol–water partition coefficient (Wildman–Crippen LogP) is 3.57. The minimum absolute atomic E-state index is 0.0742. The number of carbonyl (C=O) groups is 1. The summed E-state index contributed by atoms with van der Waals surface area (Å²) in [7, 11) is 0. The summed E-state index contributed by atoms with van der Waals surface area (Å²) < 4.78 is 2.06. The second kappa shape index (κ2) is 6.14. The molecule has 1 aromatic heterocycles. The standard InChI is InChI=1S/C10H13Br2NO2S/c1-6(2)13(5-9(14)15)4-7-3-8(11)10(12)16-7/h3,6H,4-5H2,1-2H3,(H,14,15). The van der Waals surface area contributed by atoms with Crippen LogP contribution in [-0.2, 0) is 11.3 Å².